The first-order valence-electron chi connectivity index (χ1n) is 5.35. The van der Waals surface area contributed by atoms with Gasteiger partial charge in [-0.2, -0.15) is 0 Å². The van der Waals surface area contributed by atoms with E-state index in [1.165, 1.54) is 12.8 Å². The van der Waals surface area contributed by atoms with Crippen molar-refractivity contribution < 1.29 is 9.59 Å². The summed E-state index contributed by atoms with van der Waals surface area (Å²) in [4.78, 5) is 23.6. The lowest BCUT2D eigenvalue weighted by Gasteiger charge is -2.29. The number of hydrogen-bond acceptors (Lipinski definition) is 3. The molecule has 5 heteroatoms. The molecule has 0 aromatic carbocycles. The van der Waals surface area contributed by atoms with Crippen LogP contribution in [0.4, 0.5) is 0 Å². The first-order valence-corrected chi connectivity index (χ1v) is 5.35. The van der Waals surface area contributed by atoms with E-state index in [-0.39, 0.29) is 0 Å². The van der Waals surface area contributed by atoms with Gasteiger partial charge in [-0.3, -0.25) is 9.59 Å². The molecule has 1 atom stereocenters. The van der Waals surface area contributed by atoms with E-state index in [0.29, 0.717) is 12.5 Å². The number of piperidine rings is 1. The number of hydrogen-bond donors (Lipinski definition) is 2. The number of rotatable bonds is 3. The average Bonchev–Trinajstić information content (AvgIpc) is 2.17. The predicted molar refractivity (Wildman–Crippen MR) is 57.0 cm³/mol. The van der Waals surface area contributed by atoms with Crippen molar-refractivity contribution in [2.24, 2.45) is 11.7 Å². The second-order valence-electron chi connectivity index (χ2n) is 4.18. The molecule has 1 heterocycles. The van der Waals surface area contributed by atoms with Gasteiger partial charge >= 0.3 is 11.8 Å². The molecule has 15 heavy (non-hydrogen) atoms. The van der Waals surface area contributed by atoms with Gasteiger partial charge in [0.25, 0.3) is 0 Å². The Hall–Kier alpha value is -1.10. The monoisotopic (exact) mass is 213 g/mol. The van der Waals surface area contributed by atoms with Crippen LogP contribution < -0.4 is 11.1 Å². The number of nitrogens with zero attached hydrogens (tertiary/aromatic N) is 1. The molecule has 0 radical (unpaired) electrons. The van der Waals surface area contributed by atoms with Crippen molar-refractivity contribution in [3.8, 4) is 0 Å². The smallest absolute Gasteiger partial charge is 0.309 e. The van der Waals surface area contributed by atoms with E-state index in [1.807, 2.05) is 0 Å². The molecular formula is C10H19N3O2. The molecule has 0 aromatic heterocycles. The molecule has 3 N–H and O–H groups in total. The van der Waals surface area contributed by atoms with Gasteiger partial charge in [0, 0.05) is 13.1 Å². The number of primary amides is 1. The normalized spacial score (nSPS) is 22.3. The highest BCUT2D eigenvalue weighted by Gasteiger charge is 2.17. The lowest BCUT2D eigenvalue weighted by molar-refractivity contribution is -0.137. The van der Waals surface area contributed by atoms with Crippen LogP contribution in [0, 0.1) is 5.92 Å². The van der Waals surface area contributed by atoms with Crippen LogP contribution >= 0.6 is 0 Å². The van der Waals surface area contributed by atoms with Crippen LogP contribution in [0.25, 0.3) is 0 Å². The highest BCUT2D eigenvalue weighted by Crippen LogP contribution is 2.17. The number of carbonyl (C=O) groups excluding carboxylic acids is 2. The molecule has 0 aliphatic carbocycles. The predicted octanol–water partition coefficient (Wildman–Crippen LogP) is -0.680. The topological polar surface area (TPSA) is 75.4 Å². The molecule has 1 unspecified atom stereocenters. The van der Waals surface area contributed by atoms with Crippen LogP contribution in [0.3, 0.4) is 0 Å². The Morgan fingerprint density at radius 1 is 1.53 bits per heavy atom. The molecule has 0 bridgehead atoms. The number of amides is 2. The molecule has 0 aromatic rings. The number of carbonyl (C=O) groups is 2. The molecule has 5 nitrogen and oxygen atoms in total. The third-order valence-corrected chi connectivity index (χ3v) is 2.78. The minimum absolute atomic E-state index is 0.542. The van der Waals surface area contributed by atoms with Gasteiger partial charge in [-0.15, -0.1) is 0 Å². The van der Waals surface area contributed by atoms with Gasteiger partial charge in [0.05, 0.1) is 0 Å². The molecule has 1 fully saturated rings. The quantitative estimate of drug-likeness (QED) is 0.610. The van der Waals surface area contributed by atoms with Crippen LogP contribution in [0.2, 0.25) is 0 Å². The fourth-order valence-electron chi connectivity index (χ4n) is 1.99. The molecule has 86 valence electrons. The van der Waals surface area contributed by atoms with Gasteiger partial charge in [0.2, 0.25) is 0 Å². The van der Waals surface area contributed by atoms with Crippen molar-refractivity contribution in [3.63, 3.8) is 0 Å². The maximum Gasteiger partial charge on any atom is 0.309 e. The van der Waals surface area contributed by atoms with Crippen molar-refractivity contribution in [2.45, 2.75) is 19.3 Å². The Morgan fingerprint density at radius 2 is 2.27 bits per heavy atom. The summed E-state index contributed by atoms with van der Waals surface area (Å²) in [5.74, 6) is -0.966. The summed E-state index contributed by atoms with van der Waals surface area (Å²) >= 11 is 0. The molecule has 0 spiro atoms. The minimum Gasteiger partial charge on any atom is -0.361 e. The minimum atomic E-state index is -0.907. The SMILES string of the molecule is CN1CCCC(CCNC(=O)C(N)=O)C1. The number of nitrogens with one attached hydrogen (secondary N) is 1. The van der Waals surface area contributed by atoms with Crippen LogP contribution in [-0.2, 0) is 9.59 Å². The molecule has 1 aliphatic heterocycles. The Balaban J connectivity index is 2.14. The van der Waals surface area contributed by atoms with Gasteiger partial charge < -0.3 is 16.0 Å². The summed E-state index contributed by atoms with van der Waals surface area (Å²) in [6.45, 7) is 2.77. The summed E-state index contributed by atoms with van der Waals surface area (Å²) in [7, 11) is 2.11. The molecule has 1 saturated heterocycles. The molecule has 1 aliphatic rings. The third kappa shape index (κ3) is 4.29. The van der Waals surface area contributed by atoms with Gasteiger partial charge in [-0.1, -0.05) is 0 Å². The largest absolute Gasteiger partial charge is 0.361 e. The number of nitrogens with two attached hydrogens (primary N) is 1. The van der Waals surface area contributed by atoms with E-state index in [0.717, 1.165) is 19.5 Å². The Kier molecular flexibility index (Phi) is 4.55. The standard InChI is InChI=1S/C10H19N3O2/c1-13-6-2-3-8(7-13)4-5-12-10(15)9(11)14/h8H,2-7H2,1H3,(H2,11,14)(H,12,15). The second-order valence-corrected chi connectivity index (χ2v) is 4.18. The Morgan fingerprint density at radius 3 is 2.87 bits per heavy atom. The second kappa shape index (κ2) is 5.70. The van der Waals surface area contributed by atoms with Crippen molar-refractivity contribution in [2.75, 3.05) is 26.7 Å². The fourth-order valence-corrected chi connectivity index (χ4v) is 1.99. The van der Waals surface area contributed by atoms with Crippen LogP contribution in [0.5, 0.6) is 0 Å². The van der Waals surface area contributed by atoms with Crippen LogP contribution in [-0.4, -0.2) is 43.4 Å². The first kappa shape index (κ1) is 12.0. The highest BCUT2D eigenvalue weighted by molar-refractivity contribution is 6.34. The van der Waals surface area contributed by atoms with Crippen molar-refractivity contribution in [1.29, 1.82) is 0 Å². The van der Waals surface area contributed by atoms with E-state index in [2.05, 4.69) is 17.3 Å². The summed E-state index contributed by atoms with van der Waals surface area (Å²) in [5.41, 5.74) is 4.82. The van der Waals surface area contributed by atoms with Crippen molar-refractivity contribution >= 4 is 11.8 Å². The summed E-state index contributed by atoms with van der Waals surface area (Å²) in [6.07, 6.45) is 3.34. The lowest BCUT2D eigenvalue weighted by atomic mass is 9.95. The summed E-state index contributed by atoms with van der Waals surface area (Å²) in [5, 5.41) is 2.51. The van der Waals surface area contributed by atoms with Gasteiger partial charge in [-0.25, -0.2) is 0 Å². The molecule has 0 saturated carbocycles. The Labute approximate surface area is 90.0 Å². The summed E-state index contributed by atoms with van der Waals surface area (Å²) in [6, 6.07) is 0. The average molecular weight is 213 g/mol. The zero-order valence-electron chi connectivity index (χ0n) is 9.16. The first-order chi connectivity index (χ1) is 7.09. The van der Waals surface area contributed by atoms with E-state index in [4.69, 9.17) is 5.73 Å². The van der Waals surface area contributed by atoms with Gasteiger partial charge in [0.15, 0.2) is 0 Å². The maximum absolute atomic E-state index is 10.9. The summed E-state index contributed by atoms with van der Waals surface area (Å²) < 4.78 is 0. The van der Waals surface area contributed by atoms with E-state index < -0.39 is 11.8 Å². The zero-order valence-corrected chi connectivity index (χ0v) is 9.16. The fraction of sp³-hybridized carbons (Fsp3) is 0.800. The van der Waals surface area contributed by atoms with E-state index in [9.17, 15) is 9.59 Å². The molecule has 2 amide bonds. The zero-order chi connectivity index (χ0) is 11.3. The van der Waals surface area contributed by atoms with E-state index >= 15 is 0 Å². The molecule has 1 rings (SSSR count). The van der Waals surface area contributed by atoms with Crippen LogP contribution in [0.1, 0.15) is 19.3 Å². The highest BCUT2D eigenvalue weighted by atomic mass is 16.2. The van der Waals surface area contributed by atoms with Gasteiger partial charge in [0.1, 0.15) is 0 Å². The van der Waals surface area contributed by atoms with E-state index in [1.54, 1.807) is 0 Å². The Bertz CT molecular complexity index is 243. The van der Waals surface area contributed by atoms with Crippen LogP contribution in [0.15, 0.2) is 0 Å². The maximum atomic E-state index is 10.9. The van der Waals surface area contributed by atoms with Gasteiger partial charge in [-0.05, 0) is 38.8 Å². The molecular weight excluding hydrogens is 194 g/mol. The van der Waals surface area contributed by atoms with Crippen molar-refractivity contribution in [3.05, 3.63) is 0 Å². The lowest BCUT2D eigenvalue weighted by Crippen LogP contribution is -2.38. The van der Waals surface area contributed by atoms with Crippen molar-refractivity contribution in [1.82, 2.24) is 10.2 Å². The number of likely N-dealkylation sites (tertiary alicyclic amines) is 1. The third-order valence-electron chi connectivity index (χ3n) is 2.78.